The molecule has 0 unspecified atom stereocenters. The molecule has 0 atom stereocenters. The van der Waals surface area contributed by atoms with Gasteiger partial charge in [0.25, 0.3) is 0 Å². The van der Waals surface area contributed by atoms with E-state index in [1.54, 1.807) is 0 Å². The topological polar surface area (TPSA) is 9.23 Å². The predicted octanol–water partition coefficient (Wildman–Crippen LogP) is 4.32. The quantitative estimate of drug-likeness (QED) is 0.638. The van der Waals surface area contributed by atoms with Crippen LogP contribution in [0.2, 0.25) is 0 Å². The third-order valence-electron chi connectivity index (χ3n) is 2.25. The molecule has 1 aromatic heterocycles. The summed E-state index contributed by atoms with van der Waals surface area (Å²) in [4.78, 5) is 2.64. The van der Waals surface area contributed by atoms with Gasteiger partial charge in [0.15, 0.2) is 0 Å². The smallest absolute Gasteiger partial charge is 0.133 e. The van der Waals surface area contributed by atoms with Gasteiger partial charge in [-0.15, -0.1) is 11.3 Å². The second-order valence-electron chi connectivity index (χ2n) is 3.69. The van der Waals surface area contributed by atoms with Gasteiger partial charge in [-0.25, -0.2) is 0 Å². The summed E-state index contributed by atoms with van der Waals surface area (Å²) in [6, 6.07) is 2.14. The Kier molecular flexibility index (Phi) is 5.02. The van der Waals surface area contributed by atoms with E-state index in [9.17, 15) is 0 Å². The second kappa shape index (κ2) is 6.07. The van der Waals surface area contributed by atoms with Crippen molar-refractivity contribution in [3.05, 3.63) is 15.8 Å². The van der Waals surface area contributed by atoms with Crippen LogP contribution in [0.3, 0.4) is 0 Å². The maximum absolute atomic E-state index is 5.71. The molecule has 80 valence electrons. The summed E-state index contributed by atoms with van der Waals surface area (Å²) in [5.74, 6) is 1.09. The number of hydrogen-bond donors (Lipinski definition) is 0. The molecule has 0 saturated heterocycles. The fraction of sp³-hybridized carbons (Fsp3) is 0.667. The molecule has 0 aromatic carbocycles. The molecule has 0 radical (unpaired) electrons. The van der Waals surface area contributed by atoms with Gasteiger partial charge in [-0.05, 0) is 26.3 Å². The first-order valence-electron chi connectivity index (χ1n) is 5.44. The molecule has 0 N–H and O–H groups in total. The van der Waals surface area contributed by atoms with E-state index in [0.717, 1.165) is 12.4 Å². The Bertz CT molecular complexity index is 265. The Labute approximate surface area is 91.1 Å². The van der Waals surface area contributed by atoms with Crippen molar-refractivity contribution in [2.45, 2.75) is 46.5 Å². The number of thiophene rings is 1. The molecular formula is C12H20OS. The molecule has 0 amide bonds. The van der Waals surface area contributed by atoms with Gasteiger partial charge in [0.05, 0.1) is 6.61 Å². The Hall–Kier alpha value is -0.500. The van der Waals surface area contributed by atoms with Gasteiger partial charge < -0.3 is 4.74 Å². The molecule has 0 aliphatic carbocycles. The average Bonchev–Trinajstić information content (AvgIpc) is 2.45. The number of hydrogen-bond acceptors (Lipinski definition) is 2. The maximum atomic E-state index is 5.71. The third kappa shape index (κ3) is 3.70. The van der Waals surface area contributed by atoms with Gasteiger partial charge >= 0.3 is 0 Å². The van der Waals surface area contributed by atoms with Crippen LogP contribution in [0.5, 0.6) is 5.75 Å². The standard InChI is InChI=1S/C12H20OS/c1-4-5-6-7-8-13-12-9-10(2)14-11(12)3/h9H,4-8H2,1-3H3. The van der Waals surface area contributed by atoms with Gasteiger partial charge in [-0.2, -0.15) is 0 Å². The number of aryl methyl sites for hydroxylation is 2. The molecule has 1 aromatic rings. The highest BCUT2D eigenvalue weighted by atomic mass is 32.1. The molecule has 0 spiro atoms. The first-order valence-corrected chi connectivity index (χ1v) is 6.25. The first-order chi connectivity index (χ1) is 6.74. The van der Waals surface area contributed by atoms with Gasteiger partial charge in [0.2, 0.25) is 0 Å². The van der Waals surface area contributed by atoms with Gasteiger partial charge in [0, 0.05) is 9.75 Å². The minimum atomic E-state index is 0.872. The average molecular weight is 212 g/mol. The predicted molar refractivity (Wildman–Crippen MR) is 63.4 cm³/mol. The van der Waals surface area contributed by atoms with E-state index < -0.39 is 0 Å². The molecule has 1 nitrogen and oxygen atoms in total. The SMILES string of the molecule is CCCCCCOc1cc(C)sc1C. The van der Waals surface area contributed by atoms with Crippen molar-refractivity contribution >= 4 is 11.3 Å². The molecule has 1 heterocycles. The van der Waals surface area contributed by atoms with Crippen molar-refractivity contribution in [3.8, 4) is 5.75 Å². The summed E-state index contributed by atoms with van der Waals surface area (Å²) in [6.07, 6.45) is 5.09. The normalized spacial score (nSPS) is 10.5. The summed E-state index contributed by atoms with van der Waals surface area (Å²) in [5, 5.41) is 0. The third-order valence-corrected chi connectivity index (χ3v) is 3.20. The summed E-state index contributed by atoms with van der Waals surface area (Å²) in [5.41, 5.74) is 0. The lowest BCUT2D eigenvalue weighted by atomic mass is 10.2. The summed E-state index contributed by atoms with van der Waals surface area (Å²) >= 11 is 1.81. The Balaban J connectivity index is 2.21. The van der Waals surface area contributed by atoms with Gasteiger partial charge in [-0.3, -0.25) is 0 Å². The summed E-state index contributed by atoms with van der Waals surface area (Å²) in [7, 11) is 0. The van der Waals surface area contributed by atoms with E-state index in [1.165, 1.54) is 35.4 Å². The minimum absolute atomic E-state index is 0.872. The zero-order chi connectivity index (χ0) is 10.4. The number of rotatable bonds is 6. The summed E-state index contributed by atoms with van der Waals surface area (Å²) in [6.45, 7) is 7.35. The molecule has 0 saturated carbocycles. The fourth-order valence-corrected chi connectivity index (χ4v) is 2.33. The van der Waals surface area contributed by atoms with Crippen molar-refractivity contribution in [1.29, 1.82) is 0 Å². The lowest BCUT2D eigenvalue weighted by Gasteiger charge is -2.04. The highest BCUT2D eigenvalue weighted by Crippen LogP contribution is 2.27. The van der Waals surface area contributed by atoms with Crippen molar-refractivity contribution in [1.82, 2.24) is 0 Å². The molecule has 0 aliphatic heterocycles. The highest BCUT2D eigenvalue weighted by Gasteiger charge is 2.02. The van der Waals surface area contributed by atoms with Crippen LogP contribution in [0.15, 0.2) is 6.07 Å². The lowest BCUT2D eigenvalue weighted by Crippen LogP contribution is -1.96. The van der Waals surface area contributed by atoms with E-state index in [2.05, 4.69) is 26.8 Å². The fourth-order valence-electron chi connectivity index (χ4n) is 1.46. The lowest BCUT2D eigenvalue weighted by molar-refractivity contribution is 0.304. The van der Waals surface area contributed by atoms with Crippen LogP contribution in [-0.4, -0.2) is 6.61 Å². The Morgan fingerprint density at radius 1 is 1.21 bits per heavy atom. The van der Waals surface area contributed by atoms with Crippen LogP contribution >= 0.6 is 11.3 Å². The van der Waals surface area contributed by atoms with E-state index in [-0.39, 0.29) is 0 Å². The molecule has 0 aliphatic rings. The Morgan fingerprint density at radius 2 is 2.00 bits per heavy atom. The van der Waals surface area contributed by atoms with Crippen molar-refractivity contribution < 1.29 is 4.74 Å². The van der Waals surface area contributed by atoms with Gasteiger partial charge in [0.1, 0.15) is 5.75 Å². The first kappa shape index (κ1) is 11.6. The van der Waals surface area contributed by atoms with E-state index >= 15 is 0 Å². The van der Waals surface area contributed by atoms with Crippen LogP contribution in [0.25, 0.3) is 0 Å². The monoisotopic (exact) mass is 212 g/mol. The zero-order valence-corrected chi connectivity index (χ0v) is 10.2. The van der Waals surface area contributed by atoms with Crippen LogP contribution in [0.4, 0.5) is 0 Å². The van der Waals surface area contributed by atoms with Crippen LogP contribution < -0.4 is 4.74 Å². The second-order valence-corrected chi connectivity index (χ2v) is 5.15. The number of unbranched alkanes of at least 4 members (excludes halogenated alkanes) is 3. The largest absolute Gasteiger partial charge is 0.492 e. The highest BCUT2D eigenvalue weighted by molar-refractivity contribution is 7.12. The zero-order valence-electron chi connectivity index (χ0n) is 9.43. The van der Waals surface area contributed by atoms with E-state index in [4.69, 9.17) is 4.74 Å². The molecule has 0 bridgehead atoms. The Morgan fingerprint density at radius 3 is 2.57 bits per heavy atom. The minimum Gasteiger partial charge on any atom is -0.492 e. The molecular weight excluding hydrogens is 192 g/mol. The van der Waals surface area contributed by atoms with E-state index in [0.29, 0.717) is 0 Å². The van der Waals surface area contributed by atoms with Crippen LogP contribution in [0.1, 0.15) is 42.4 Å². The molecule has 0 fully saturated rings. The molecule has 1 rings (SSSR count). The maximum Gasteiger partial charge on any atom is 0.133 e. The number of ether oxygens (including phenoxy) is 1. The van der Waals surface area contributed by atoms with Crippen molar-refractivity contribution in [3.63, 3.8) is 0 Å². The van der Waals surface area contributed by atoms with E-state index in [1.807, 2.05) is 11.3 Å². The summed E-state index contributed by atoms with van der Waals surface area (Å²) < 4.78 is 5.71. The van der Waals surface area contributed by atoms with Crippen molar-refractivity contribution in [2.75, 3.05) is 6.61 Å². The van der Waals surface area contributed by atoms with Crippen LogP contribution in [0, 0.1) is 13.8 Å². The van der Waals surface area contributed by atoms with Crippen molar-refractivity contribution in [2.24, 2.45) is 0 Å². The molecule has 14 heavy (non-hydrogen) atoms. The van der Waals surface area contributed by atoms with Gasteiger partial charge in [-0.1, -0.05) is 26.2 Å². The van der Waals surface area contributed by atoms with Crippen LogP contribution in [-0.2, 0) is 0 Å². The molecule has 2 heteroatoms.